The van der Waals surface area contributed by atoms with E-state index in [4.69, 9.17) is 9.47 Å². The maximum atomic E-state index is 12.1. The molecule has 2 heterocycles. The molecule has 1 aromatic heterocycles. The number of hydrogen-bond donors (Lipinski definition) is 0. The summed E-state index contributed by atoms with van der Waals surface area (Å²) in [7, 11) is 0. The van der Waals surface area contributed by atoms with E-state index in [1.807, 2.05) is 12.1 Å². The average Bonchev–Trinajstić information content (AvgIpc) is 2.55. The van der Waals surface area contributed by atoms with Crippen LogP contribution in [0.3, 0.4) is 0 Å². The normalized spacial score (nSPS) is 16.6. The molecule has 0 aliphatic carbocycles. The molecule has 1 aromatic carbocycles. The summed E-state index contributed by atoms with van der Waals surface area (Å²) in [5, 5.41) is 0. The van der Waals surface area contributed by atoms with Gasteiger partial charge in [-0.25, -0.2) is 4.79 Å². The summed E-state index contributed by atoms with van der Waals surface area (Å²) >= 11 is 0. The molecule has 1 unspecified atom stereocenters. The molecule has 1 atom stereocenters. The van der Waals surface area contributed by atoms with E-state index in [1.54, 1.807) is 31.2 Å². The molecule has 0 spiro atoms. The van der Waals surface area contributed by atoms with Crippen molar-refractivity contribution in [2.45, 2.75) is 19.4 Å². The Hall–Kier alpha value is -2.69. The first-order valence-electron chi connectivity index (χ1n) is 7.11. The first kappa shape index (κ1) is 14.3. The van der Waals surface area contributed by atoms with Gasteiger partial charge in [0.15, 0.2) is 5.78 Å². The molecule has 1 aliphatic rings. The second kappa shape index (κ2) is 5.97. The highest BCUT2D eigenvalue weighted by atomic mass is 16.5. The summed E-state index contributed by atoms with van der Waals surface area (Å²) in [6.07, 6.45) is 1.25. The fourth-order valence-corrected chi connectivity index (χ4v) is 2.37. The molecule has 1 aliphatic heterocycles. The van der Waals surface area contributed by atoms with Gasteiger partial charge in [-0.1, -0.05) is 12.1 Å². The van der Waals surface area contributed by atoms with Gasteiger partial charge in [-0.3, -0.25) is 9.78 Å². The third-order valence-electron chi connectivity index (χ3n) is 3.45. The second-order valence-corrected chi connectivity index (χ2v) is 4.92. The molecule has 2 aromatic rings. The third kappa shape index (κ3) is 2.70. The highest BCUT2D eigenvalue weighted by Crippen LogP contribution is 2.33. The van der Waals surface area contributed by atoms with Crippen molar-refractivity contribution in [3.63, 3.8) is 0 Å². The van der Waals surface area contributed by atoms with Crippen LogP contribution in [-0.4, -0.2) is 23.3 Å². The van der Waals surface area contributed by atoms with Gasteiger partial charge in [0.05, 0.1) is 29.8 Å². The summed E-state index contributed by atoms with van der Waals surface area (Å²) in [6, 6.07) is 10.5. The second-order valence-electron chi connectivity index (χ2n) is 4.92. The number of Topliss-reactive ketones (excluding diaryl/α,β-unsaturated/α-hetero) is 1. The number of rotatable bonds is 3. The van der Waals surface area contributed by atoms with Gasteiger partial charge in [0.1, 0.15) is 11.9 Å². The number of carbonyl (C=O) groups excluding carboxylic acids is 2. The number of ether oxygens (including phenoxy) is 2. The van der Waals surface area contributed by atoms with Crippen molar-refractivity contribution in [1.29, 1.82) is 0 Å². The number of nitrogens with zero attached hydrogens (tertiary/aromatic N) is 1. The van der Waals surface area contributed by atoms with E-state index in [0.717, 1.165) is 0 Å². The lowest BCUT2D eigenvalue weighted by Crippen LogP contribution is -2.21. The quantitative estimate of drug-likeness (QED) is 0.815. The number of pyridine rings is 1. The third-order valence-corrected chi connectivity index (χ3v) is 3.45. The zero-order valence-electron chi connectivity index (χ0n) is 12.1. The number of para-hydroxylation sites is 1. The van der Waals surface area contributed by atoms with E-state index in [2.05, 4.69) is 4.98 Å². The lowest BCUT2D eigenvalue weighted by molar-refractivity contribution is 0.0525. The van der Waals surface area contributed by atoms with Crippen molar-refractivity contribution in [2.24, 2.45) is 0 Å². The number of carbonyl (C=O) groups is 2. The molecule has 22 heavy (non-hydrogen) atoms. The van der Waals surface area contributed by atoms with Crippen LogP contribution in [0.15, 0.2) is 42.6 Å². The Bertz CT molecular complexity index is 709. The Morgan fingerprint density at radius 1 is 1.32 bits per heavy atom. The number of esters is 1. The molecular weight excluding hydrogens is 282 g/mol. The minimum atomic E-state index is -0.432. The molecule has 5 nitrogen and oxygen atoms in total. The van der Waals surface area contributed by atoms with Gasteiger partial charge in [-0.15, -0.1) is 0 Å². The predicted octanol–water partition coefficient (Wildman–Crippen LogP) is 2.96. The van der Waals surface area contributed by atoms with Crippen LogP contribution >= 0.6 is 0 Å². The summed E-state index contributed by atoms with van der Waals surface area (Å²) in [4.78, 5) is 28.0. The topological polar surface area (TPSA) is 65.5 Å². The molecule has 112 valence electrons. The first-order valence-corrected chi connectivity index (χ1v) is 7.11. The molecule has 0 radical (unpaired) electrons. The van der Waals surface area contributed by atoms with Crippen molar-refractivity contribution in [2.75, 3.05) is 6.61 Å². The number of benzene rings is 1. The maximum absolute atomic E-state index is 12.1. The van der Waals surface area contributed by atoms with Crippen LogP contribution in [0.25, 0.3) is 0 Å². The zero-order valence-corrected chi connectivity index (χ0v) is 12.1. The van der Waals surface area contributed by atoms with Crippen LogP contribution in [0.5, 0.6) is 5.75 Å². The van der Waals surface area contributed by atoms with Crippen LogP contribution in [0, 0.1) is 0 Å². The minimum Gasteiger partial charge on any atom is -0.483 e. The van der Waals surface area contributed by atoms with Gasteiger partial charge in [0, 0.05) is 6.20 Å². The van der Waals surface area contributed by atoms with Crippen molar-refractivity contribution < 1.29 is 19.1 Å². The molecule has 0 N–H and O–H groups in total. The Labute approximate surface area is 127 Å². The van der Waals surface area contributed by atoms with E-state index in [9.17, 15) is 9.59 Å². The van der Waals surface area contributed by atoms with E-state index in [-0.39, 0.29) is 12.2 Å². The SMILES string of the molecule is CCOC(=O)c1ccc(C2CC(=O)c3ccccc3O2)nc1. The molecule has 0 amide bonds. The molecule has 0 fully saturated rings. The van der Waals surface area contributed by atoms with Crippen molar-refractivity contribution in [3.8, 4) is 5.75 Å². The van der Waals surface area contributed by atoms with Crippen LogP contribution in [0.4, 0.5) is 0 Å². The van der Waals surface area contributed by atoms with E-state index >= 15 is 0 Å². The summed E-state index contributed by atoms with van der Waals surface area (Å²) in [5.74, 6) is 0.190. The van der Waals surface area contributed by atoms with Gasteiger partial charge < -0.3 is 9.47 Å². The molecule has 3 rings (SSSR count). The maximum Gasteiger partial charge on any atom is 0.339 e. The fraction of sp³-hybridized carbons (Fsp3) is 0.235. The van der Waals surface area contributed by atoms with Gasteiger partial charge in [0.25, 0.3) is 0 Å². The van der Waals surface area contributed by atoms with Gasteiger partial charge in [0.2, 0.25) is 0 Å². The minimum absolute atomic E-state index is 0.0307. The molecule has 5 heteroatoms. The van der Waals surface area contributed by atoms with Gasteiger partial charge in [-0.05, 0) is 31.2 Å². The van der Waals surface area contributed by atoms with Crippen LogP contribution in [0.2, 0.25) is 0 Å². The van der Waals surface area contributed by atoms with Gasteiger partial charge >= 0.3 is 5.97 Å². The standard InChI is InChI=1S/C17H15NO4/c1-2-21-17(20)11-7-8-13(18-10-11)16-9-14(19)12-5-3-4-6-15(12)22-16/h3-8,10,16H,2,9H2,1H3. The molecular formula is C17H15NO4. The molecule has 0 saturated heterocycles. The first-order chi connectivity index (χ1) is 10.7. The average molecular weight is 297 g/mol. The number of hydrogen-bond acceptors (Lipinski definition) is 5. The van der Waals surface area contributed by atoms with Crippen molar-refractivity contribution >= 4 is 11.8 Å². The Kier molecular flexibility index (Phi) is 3.87. The van der Waals surface area contributed by atoms with Crippen LogP contribution in [-0.2, 0) is 4.74 Å². The number of fused-ring (bicyclic) bond motifs is 1. The monoisotopic (exact) mass is 297 g/mol. The van der Waals surface area contributed by atoms with E-state index in [0.29, 0.717) is 29.2 Å². The zero-order chi connectivity index (χ0) is 15.5. The Morgan fingerprint density at radius 3 is 2.86 bits per heavy atom. The highest BCUT2D eigenvalue weighted by molar-refractivity contribution is 5.99. The highest BCUT2D eigenvalue weighted by Gasteiger charge is 2.28. The predicted molar refractivity (Wildman–Crippen MR) is 79.0 cm³/mol. The lowest BCUT2D eigenvalue weighted by Gasteiger charge is -2.24. The smallest absolute Gasteiger partial charge is 0.339 e. The van der Waals surface area contributed by atoms with Crippen molar-refractivity contribution in [3.05, 3.63) is 59.4 Å². The Morgan fingerprint density at radius 2 is 2.14 bits per heavy atom. The molecule has 0 bridgehead atoms. The summed E-state index contributed by atoms with van der Waals surface area (Å²) in [6.45, 7) is 2.07. The lowest BCUT2D eigenvalue weighted by atomic mass is 9.98. The Balaban J connectivity index is 1.81. The fourth-order valence-electron chi connectivity index (χ4n) is 2.37. The van der Waals surface area contributed by atoms with E-state index in [1.165, 1.54) is 6.20 Å². The summed E-state index contributed by atoms with van der Waals surface area (Å²) in [5.41, 5.74) is 1.60. The van der Waals surface area contributed by atoms with Crippen LogP contribution in [0.1, 0.15) is 45.9 Å². The van der Waals surface area contributed by atoms with Crippen LogP contribution < -0.4 is 4.74 Å². The van der Waals surface area contributed by atoms with E-state index < -0.39 is 12.1 Å². The van der Waals surface area contributed by atoms with Gasteiger partial charge in [-0.2, -0.15) is 0 Å². The number of aromatic nitrogens is 1. The number of ketones is 1. The molecule has 0 saturated carbocycles. The largest absolute Gasteiger partial charge is 0.483 e. The summed E-state index contributed by atoms with van der Waals surface area (Å²) < 4.78 is 10.7. The van der Waals surface area contributed by atoms with Crippen molar-refractivity contribution in [1.82, 2.24) is 4.98 Å².